The number of carbonyl (C=O) groups is 3. The number of nitrogens with zero attached hydrogens (tertiary/aromatic N) is 5. The molecule has 3 aromatic rings. The van der Waals surface area contributed by atoms with Crippen LogP contribution in [0.2, 0.25) is 5.02 Å². The molecular formula is C30H31ClF5N9O4. The van der Waals surface area contributed by atoms with Crippen molar-refractivity contribution in [2.45, 2.75) is 43.3 Å². The van der Waals surface area contributed by atoms with Gasteiger partial charge < -0.3 is 35.8 Å². The molecule has 7 rings (SSSR count). The lowest BCUT2D eigenvalue weighted by molar-refractivity contribution is -0.141. The van der Waals surface area contributed by atoms with E-state index in [1.807, 2.05) is 0 Å². The number of benzene rings is 1. The van der Waals surface area contributed by atoms with Crippen molar-refractivity contribution in [1.82, 2.24) is 40.2 Å². The highest BCUT2D eigenvalue weighted by atomic mass is 35.5. The normalized spacial score (nSPS) is 26.7. The van der Waals surface area contributed by atoms with Gasteiger partial charge in [-0.15, -0.1) is 0 Å². The molecule has 0 spiro atoms. The van der Waals surface area contributed by atoms with Gasteiger partial charge in [0.2, 0.25) is 0 Å². The van der Waals surface area contributed by atoms with Crippen molar-refractivity contribution in [3.05, 3.63) is 52.7 Å². The number of β-amino-alcohol motifs (C(OH)–C–C–N with tert-alkyl or cyclic N) is 1. The van der Waals surface area contributed by atoms with E-state index in [1.165, 1.54) is 25.2 Å². The van der Waals surface area contributed by atoms with Crippen molar-refractivity contribution < 1.29 is 41.4 Å². The minimum absolute atomic E-state index is 0.0369. The molecule has 2 saturated heterocycles. The van der Waals surface area contributed by atoms with Crippen LogP contribution in [0.5, 0.6) is 0 Å². The number of aliphatic hydroxyl groups excluding tert-OH is 1. The monoisotopic (exact) mass is 711 g/mol. The van der Waals surface area contributed by atoms with E-state index in [0.29, 0.717) is 26.2 Å². The standard InChI is InChI=1S/C30H31ClF5N9O4/c1-43-21(18-12-45(9-13-5-29(13,32)33)42-24(18)30(34,35)36)7-38-25(43)27(48)39-14-2-3-15(19(31)4-14)26(47)41-23-16-10-44(11-17(16)23)28(49)40-20-6-37-8-22(20)46/h2-4,7,12-13,16-17,20,22-23,37,46H,5-6,8-11H2,1H3,(H,39,48)(H,40,49)(H,41,47). The molecule has 2 aliphatic carbocycles. The number of hydrogen-bond acceptors (Lipinski definition) is 7. The summed E-state index contributed by atoms with van der Waals surface area (Å²) in [5, 5.41) is 24.8. The zero-order valence-corrected chi connectivity index (χ0v) is 26.5. The highest BCUT2D eigenvalue weighted by molar-refractivity contribution is 6.34. The van der Waals surface area contributed by atoms with Crippen LogP contribution in [0.3, 0.4) is 0 Å². The first-order valence-electron chi connectivity index (χ1n) is 15.5. The Labute approximate surface area is 280 Å². The molecule has 1 aromatic carbocycles. The van der Waals surface area contributed by atoms with E-state index in [9.17, 15) is 41.4 Å². The Balaban J connectivity index is 0.961. The molecule has 4 fully saturated rings. The maximum absolute atomic E-state index is 13.8. The largest absolute Gasteiger partial charge is 0.435 e. The number of hydrogen-bond donors (Lipinski definition) is 5. The number of piperidine rings is 1. The van der Waals surface area contributed by atoms with Gasteiger partial charge in [-0.3, -0.25) is 14.3 Å². The predicted molar refractivity (Wildman–Crippen MR) is 163 cm³/mol. The van der Waals surface area contributed by atoms with Crippen molar-refractivity contribution in [3.8, 4) is 11.3 Å². The number of fused-ring (bicyclic) bond motifs is 1. The summed E-state index contributed by atoms with van der Waals surface area (Å²) in [6.07, 6.45) is -3.88. The number of nitrogens with one attached hydrogen (secondary N) is 4. The Kier molecular flexibility index (Phi) is 8.10. The van der Waals surface area contributed by atoms with Gasteiger partial charge in [-0.2, -0.15) is 18.3 Å². The van der Waals surface area contributed by atoms with Gasteiger partial charge in [0.1, 0.15) is 0 Å². The van der Waals surface area contributed by atoms with E-state index < -0.39 is 53.6 Å². The maximum atomic E-state index is 13.8. The molecule has 2 saturated carbocycles. The van der Waals surface area contributed by atoms with E-state index in [-0.39, 0.29) is 64.3 Å². The van der Waals surface area contributed by atoms with E-state index in [1.54, 1.807) is 4.90 Å². The summed E-state index contributed by atoms with van der Waals surface area (Å²) >= 11 is 6.39. The fourth-order valence-corrected chi connectivity index (χ4v) is 6.90. The summed E-state index contributed by atoms with van der Waals surface area (Å²) in [5.41, 5.74) is -1.46. The number of imidazole rings is 1. The lowest BCUT2D eigenvalue weighted by Gasteiger charge is -2.24. The smallest absolute Gasteiger partial charge is 0.390 e. The highest BCUT2D eigenvalue weighted by Gasteiger charge is 2.58. The average Bonchev–Trinajstić information content (AvgIpc) is 3.46. The van der Waals surface area contributed by atoms with Gasteiger partial charge in [-0.1, -0.05) is 11.6 Å². The minimum Gasteiger partial charge on any atom is -0.390 e. The zero-order valence-electron chi connectivity index (χ0n) is 25.8. The van der Waals surface area contributed by atoms with Crippen LogP contribution in [-0.2, 0) is 19.8 Å². The number of aromatic nitrogens is 4. The topological polar surface area (TPSA) is 158 Å². The average molecular weight is 712 g/mol. The second-order valence-corrected chi connectivity index (χ2v) is 13.4. The molecule has 262 valence electrons. The number of aliphatic hydroxyl groups is 1. The summed E-state index contributed by atoms with van der Waals surface area (Å²) < 4.78 is 70.2. The molecule has 4 aliphatic rings. The fraction of sp³-hybridized carbons (Fsp3) is 0.500. The number of carbonyl (C=O) groups excluding carboxylic acids is 3. The first-order valence-corrected chi connectivity index (χ1v) is 15.9. The molecule has 2 aromatic heterocycles. The van der Waals surface area contributed by atoms with Gasteiger partial charge in [0.05, 0.1) is 40.2 Å². The third-order valence-electron chi connectivity index (χ3n) is 9.60. The maximum Gasteiger partial charge on any atom is 0.435 e. The summed E-state index contributed by atoms with van der Waals surface area (Å²) in [4.78, 5) is 44.3. The first kappa shape index (κ1) is 33.2. The molecular weight excluding hydrogens is 681 g/mol. The Morgan fingerprint density at radius 1 is 1.12 bits per heavy atom. The molecule has 13 nitrogen and oxygen atoms in total. The minimum atomic E-state index is -4.89. The van der Waals surface area contributed by atoms with Gasteiger partial charge in [0.25, 0.3) is 17.7 Å². The van der Waals surface area contributed by atoms with Crippen LogP contribution in [0.4, 0.5) is 32.4 Å². The second-order valence-electron chi connectivity index (χ2n) is 13.0. The van der Waals surface area contributed by atoms with Crippen molar-refractivity contribution in [2.75, 3.05) is 31.5 Å². The van der Waals surface area contributed by atoms with Crippen molar-refractivity contribution in [1.29, 1.82) is 0 Å². The van der Waals surface area contributed by atoms with Crippen LogP contribution in [0, 0.1) is 17.8 Å². The summed E-state index contributed by atoms with van der Waals surface area (Å²) in [6.45, 7) is 1.45. The summed E-state index contributed by atoms with van der Waals surface area (Å²) in [5.74, 6) is -5.32. The lowest BCUT2D eigenvalue weighted by atomic mass is 10.2. The molecule has 5 atom stereocenters. The van der Waals surface area contributed by atoms with Crippen LogP contribution in [0.1, 0.15) is 33.1 Å². The predicted octanol–water partition coefficient (Wildman–Crippen LogP) is 2.57. The van der Waals surface area contributed by atoms with Gasteiger partial charge in [-0.25, -0.2) is 18.6 Å². The van der Waals surface area contributed by atoms with E-state index in [2.05, 4.69) is 31.3 Å². The SMILES string of the molecule is Cn1c(-c2cn(CC3CC3(F)F)nc2C(F)(F)F)cnc1C(=O)Nc1ccc(C(=O)NC2C3CN(C(=O)NC4CNCC4O)CC32)c(Cl)c1. The molecule has 0 radical (unpaired) electrons. The quantitative estimate of drug-likeness (QED) is 0.225. The third kappa shape index (κ3) is 6.43. The van der Waals surface area contributed by atoms with Crippen LogP contribution in [-0.4, -0.2) is 97.5 Å². The Morgan fingerprint density at radius 3 is 2.45 bits per heavy atom. The fourth-order valence-electron chi connectivity index (χ4n) is 6.64. The number of alkyl halides is 5. The van der Waals surface area contributed by atoms with E-state index in [0.717, 1.165) is 21.6 Å². The van der Waals surface area contributed by atoms with Gasteiger partial charge in [0, 0.05) is 81.9 Å². The second kappa shape index (κ2) is 11.9. The van der Waals surface area contributed by atoms with Gasteiger partial charge in [0.15, 0.2) is 11.5 Å². The number of likely N-dealkylation sites (tertiary alicyclic amines) is 1. The molecule has 49 heavy (non-hydrogen) atoms. The van der Waals surface area contributed by atoms with Crippen LogP contribution in [0.15, 0.2) is 30.6 Å². The Bertz CT molecular complexity index is 1820. The number of halogens is 6. The molecule has 4 heterocycles. The number of urea groups is 1. The van der Waals surface area contributed by atoms with Crippen LogP contribution in [0.25, 0.3) is 11.3 Å². The van der Waals surface area contributed by atoms with Gasteiger partial charge in [-0.05, 0) is 18.2 Å². The lowest BCUT2D eigenvalue weighted by Crippen LogP contribution is -2.49. The first-order chi connectivity index (χ1) is 23.1. The molecule has 4 amide bonds. The van der Waals surface area contributed by atoms with E-state index in [4.69, 9.17) is 11.6 Å². The van der Waals surface area contributed by atoms with Crippen LogP contribution < -0.4 is 21.3 Å². The molecule has 5 N–H and O–H groups in total. The molecule has 5 unspecified atom stereocenters. The molecule has 0 bridgehead atoms. The molecule has 2 aliphatic heterocycles. The molecule has 19 heteroatoms. The third-order valence-corrected chi connectivity index (χ3v) is 9.91. The number of anilines is 1. The van der Waals surface area contributed by atoms with Crippen molar-refractivity contribution >= 4 is 35.1 Å². The number of amides is 4. The number of rotatable bonds is 8. The summed E-state index contributed by atoms with van der Waals surface area (Å²) in [6, 6.07) is 3.47. The van der Waals surface area contributed by atoms with Crippen LogP contribution >= 0.6 is 11.6 Å². The van der Waals surface area contributed by atoms with Gasteiger partial charge >= 0.3 is 12.2 Å². The Morgan fingerprint density at radius 2 is 1.84 bits per heavy atom. The Hall–Kier alpha value is -4.29. The summed E-state index contributed by atoms with van der Waals surface area (Å²) in [7, 11) is 1.33. The zero-order chi connectivity index (χ0) is 35.0. The van der Waals surface area contributed by atoms with Crippen molar-refractivity contribution in [2.24, 2.45) is 24.8 Å². The van der Waals surface area contributed by atoms with Crippen molar-refractivity contribution in [3.63, 3.8) is 0 Å². The highest BCUT2D eigenvalue weighted by Crippen LogP contribution is 2.50. The van der Waals surface area contributed by atoms with E-state index >= 15 is 0 Å².